The molecule has 0 aliphatic carbocycles. The molecular weight excluding hydrogens is 446 g/mol. The highest BCUT2D eigenvalue weighted by atomic mass is 19.2. The Morgan fingerprint density at radius 3 is 2.50 bits per heavy atom. The third kappa shape index (κ3) is 6.00. The number of aromatic nitrogens is 5. The Bertz CT molecular complexity index is 1240. The van der Waals surface area contributed by atoms with Gasteiger partial charge in [-0.15, -0.1) is 10.2 Å². The zero-order valence-electron chi connectivity index (χ0n) is 19.6. The van der Waals surface area contributed by atoms with E-state index in [0.29, 0.717) is 12.1 Å². The molecule has 0 saturated heterocycles. The Balaban J connectivity index is 1.69. The van der Waals surface area contributed by atoms with Gasteiger partial charge < -0.3 is 15.5 Å². The molecule has 10 nitrogen and oxygen atoms in total. The zero-order chi connectivity index (χ0) is 24.7. The minimum Gasteiger partial charge on any atom is -0.353 e. The van der Waals surface area contributed by atoms with Crippen molar-refractivity contribution in [2.45, 2.75) is 26.8 Å². The van der Waals surface area contributed by atoms with Crippen LogP contribution in [0.4, 0.5) is 14.7 Å². The van der Waals surface area contributed by atoms with Crippen LogP contribution >= 0.6 is 0 Å². The van der Waals surface area contributed by atoms with Crippen molar-refractivity contribution in [1.82, 2.24) is 34.5 Å². The average molecular weight is 477 g/mol. The molecule has 3 rings (SSSR count). The highest BCUT2D eigenvalue weighted by molar-refractivity contribution is 5.69. The summed E-state index contributed by atoms with van der Waals surface area (Å²) in [4.78, 5) is 31.9. The van der Waals surface area contributed by atoms with Gasteiger partial charge in [0.15, 0.2) is 22.8 Å². The molecule has 0 fully saturated rings. The third-order valence-electron chi connectivity index (χ3n) is 5.59. The predicted molar refractivity (Wildman–Crippen MR) is 126 cm³/mol. The molecule has 2 aromatic heterocycles. The van der Waals surface area contributed by atoms with Crippen molar-refractivity contribution in [1.29, 1.82) is 0 Å². The van der Waals surface area contributed by atoms with Gasteiger partial charge >= 0.3 is 5.69 Å². The fraction of sp³-hybridized carbons (Fsp3) is 0.500. The summed E-state index contributed by atoms with van der Waals surface area (Å²) in [6.45, 7) is 9.49. The lowest BCUT2D eigenvalue weighted by Gasteiger charge is -2.17. The molecule has 34 heavy (non-hydrogen) atoms. The van der Waals surface area contributed by atoms with Gasteiger partial charge in [-0.2, -0.15) is 0 Å². The second kappa shape index (κ2) is 11.7. The van der Waals surface area contributed by atoms with Crippen molar-refractivity contribution in [3.8, 4) is 0 Å². The summed E-state index contributed by atoms with van der Waals surface area (Å²) in [5.41, 5.74) is -1.01. The minimum atomic E-state index is -1.03. The van der Waals surface area contributed by atoms with E-state index >= 15 is 0 Å². The maximum atomic E-state index is 13.6. The topological polar surface area (TPSA) is 110 Å². The van der Waals surface area contributed by atoms with Crippen LogP contribution in [0.5, 0.6) is 0 Å². The fourth-order valence-corrected chi connectivity index (χ4v) is 3.52. The Hall–Kier alpha value is -3.25. The average Bonchev–Trinajstić information content (AvgIpc) is 2.84. The summed E-state index contributed by atoms with van der Waals surface area (Å²) in [5.74, 6) is -1.85. The number of anilines is 1. The van der Waals surface area contributed by atoms with Crippen LogP contribution in [0.15, 0.2) is 27.8 Å². The summed E-state index contributed by atoms with van der Waals surface area (Å²) in [6.07, 6.45) is 0.813. The summed E-state index contributed by atoms with van der Waals surface area (Å²) in [7, 11) is 1.32. The van der Waals surface area contributed by atoms with Crippen LogP contribution in [0.1, 0.15) is 25.8 Å². The molecule has 0 spiro atoms. The number of rotatable bonds is 12. The molecule has 12 heteroatoms. The second-order valence-corrected chi connectivity index (χ2v) is 7.85. The van der Waals surface area contributed by atoms with Crippen LogP contribution in [0, 0.1) is 11.6 Å². The van der Waals surface area contributed by atoms with Crippen LogP contribution in [0.3, 0.4) is 0 Å². The predicted octanol–water partition coefficient (Wildman–Crippen LogP) is 0.945. The fourth-order valence-electron chi connectivity index (χ4n) is 3.52. The SMILES string of the molecule is CCN(CC)CCNCCCNc1nnc2c(n1)c(=O)n(C)c(=O)n2Cc1ccc(F)c(F)c1. The Kier molecular flexibility index (Phi) is 8.77. The molecule has 2 heterocycles. The Morgan fingerprint density at radius 2 is 1.79 bits per heavy atom. The van der Waals surface area contributed by atoms with Gasteiger partial charge in [0.05, 0.1) is 6.54 Å². The van der Waals surface area contributed by atoms with Gasteiger partial charge in [-0.1, -0.05) is 19.9 Å². The van der Waals surface area contributed by atoms with Crippen molar-refractivity contribution in [3.63, 3.8) is 0 Å². The van der Waals surface area contributed by atoms with Crippen LogP contribution in [-0.2, 0) is 13.6 Å². The van der Waals surface area contributed by atoms with Gasteiger partial charge in [0.25, 0.3) is 5.56 Å². The molecule has 2 N–H and O–H groups in total. The maximum absolute atomic E-state index is 13.6. The normalized spacial score (nSPS) is 11.5. The monoisotopic (exact) mass is 476 g/mol. The van der Waals surface area contributed by atoms with Gasteiger partial charge in [-0.3, -0.25) is 13.9 Å². The third-order valence-corrected chi connectivity index (χ3v) is 5.59. The first kappa shape index (κ1) is 25.4. The molecule has 0 aliphatic heterocycles. The highest BCUT2D eigenvalue weighted by Gasteiger charge is 2.16. The molecule has 0 atom stereocenters. The molecule has 0 saturated carbocycles. The van der Waals surface area contributed by atoms with Gasteiger partial charge in [-0.05, 0) is 43.8 Å². The summed E-state index contributed by atoms with van der Waals surface area (Å²) in [6, 6.07) is 3.32. The molecule has 0 amide bonds. The molecule has 3 aromatic rings. The molecular formula is C22H30F2N8O2. The number of fused-ring (bicyclic) bond motifs is 1. The van der Waals surface area contributed by atoms with Gasteiger partial charge in [0.1, 0.15) is 0 Å². The largest absolute Gasteiger partial charge is 0.353 e. The molecule has 0 unspecified atom stereocenters. The van der Waals surface area contributed by atoms with Crippen LogP contribution in [0.25, 0.3) is 11.2 Å². The number of nitrogens with one attached hydrogen (secondary N) is 2. The van der Waals surface area contributed by atoms with Crippen molar-refractivity contribution >= 4 is 17.1 Å². The standard InChI is InChI=1S/C22H30F2N8O2/c1-4-31(5-2)12-11-25-9-6-10-26-21-27-18-19(28-29-21)32(22(34)30(3)20(18)33)14-15-7-8-16(23)17(24)13-15/h7-8,13,25H,4-6,9-12,14H2,1-3H3,(H,26,27,29). The lowest BCUT2D eigenvalue weighted by molar-refractivity contribution is 0.302. The molecule has 184 valence electrons. The van der Waals surface area contributed by atoms with Crippen molar-refractivity contribution in [2.75, 3.05) is 44.6 Å². The van der Waals surface area contributed by atoms with Crippen molar-refractivity contribution < 1.29 is 8.78 Å². The number of nitrogens with zero attached hydrogens (tertiary/aromatic N) is 6. The highest BCUT2D eigenvalue weighted by Crippen LogP contribution is 2.11. The number of hydrogen-bond acceptors (Lipinski definition) is 8. The van der Waals surface area contributed by atoms with E-state index in [9.17, 15) is 18.4 Å². The molecule has 0 bridgehead atoms. The number of benzene rings is 1. The number of hydrogen-bond donors (Lipinski definition) is 2. The number of likely N-dealkylation sites (N-methyl/N-ethyl adjacent to an activating group) is 1. The lowest BCUT2D eigenvalue weighted by Crippen LogP contribution is -2.39. The van der Waals surface area contributed by atoms with Gasteiger partial charge in [0.2, 0.25) is 5.95 Å². The maximum Gasteiger partial charge on any atom is 0.332 e. The summed E-state index contributed by atoms with van der Waals surface area (Å²) >= 11 is 0. The van der Waals surface area contributed by atoms with Gasteiger partial charge in [-0.25, -0.2) is 18.6 Å². The molecule has 0 radical (unpaired) electrons. The zero-order valence-corrected chi connectivity index (χ0v) is 19.6. The second-order valence-electron chi connectivity index (χ2n) is 7.85. The van der Waals surface area contributed by atoms with E-state index in [1.165, 1.54) is 13.1 Å². The van der Waals surface area contributed by atoms with Gasteiger partial charge in [0, 0.05) is 26.7 Å². The van der Waals surface area contributed by atoms with E-state index in [-0.39, 0.29) is 23.7 Å². The Morgan fingerprint density at radius 1 is 1.03 bits per heavy atom. The van der Waals surface area contributed by atoms with E-state index < -0.39 is 22.9 Å². The van der Waals surface area contributed by atoms with Crippen molar-refractivity contribution in [2.24, 2.45) is 7.05 Å². The first-order chi connectivity index (χ1) is 16.3. The minimum absolute atomic E-state index is 0.0264. The van der Waals surface area contributed by atoms with Crippen LogP contribution in [0.2, 0.25) is 0 Å². The lowest BCUT2D eigenvalue weighted by atomic mass is 10.2. The van der Waals surface area contributed by atoms with Crippen LogP contribution in [-0.4, -0.2) is 68.5 Å². The number of halogens is 2. The Labute approximate surface area is 195 Å². The quantitative estimate of drug-likeness (QED) is 0.372. The molecule has 0 aliphatic rings. The van der Waals surface area contributed by atoms with E-state index in [1.807, 2.05) is 0 Å². The van der Waals surface area contributed by atoms with Crippen LogP contribution < -0.4 is 21.9 Å². The van der Waals surface area contributed by atoms with E-state index in [4.69, 9.17) is 0 Å². The summed E-state index contributed by atoms with van der Waals surface area (Å²) in [5, 5.41) is 14.4. The molecule has 1 aromatic carbocycles. The smallest absolute Gasteiger partial charge is 0.332 e. The first-order valence-corrected chi connectivity index (χ1v) is 11.3. The van der Waals surface area contributed by atoms with E-state index in [2.05, 4.69) is 44.6 Å². The van der Waals surface area contributed by atoms with E-state index in [0.717, 1.165) is 60.4 Å². The van der Waals surface area contributed by atoms with Crippen molar-refractivity contribution in [3.05, 3.63) is 56.2 Å². The first-order valence-electron chi connectivity index (χ1n) is 11.3. The summed E-state index contributed by atoms with van der Waals surface area (Å²) < 4.78 is 28.9. The van der Waals surface area contributed by atoms with E-state index in [1.54, 1.807) is 0 Å².